The van der Waals surface area contributed by atoms with Crippen molar-refractivity contribution in [2.45, 2.75) is 23.9 Å². The van der Waals surface area contributed by atoms with E-state index in [2.05, 4.69) is 4.98 Å². The quantitative estimate of drug-likeness (QED) is 0.632. The molecule has 0 amide bonds. The van der Waals surface area contributed by atoms with Crippen molar-refractivity contribution in [2.75, 3.05) is 0 Å². The van der Waals surface area contributed by atoms with Gasteiger partial charge in [0, 0.05) is 11.6 Å². The van der Waals surface area contributed by atoms with E-state index >= 15 is 0 Å². The number of ether oxygens (including phenoxy) is 1. The Hall–Kier alpha value is -1.22. The van der Waals surface area contributed by atoms with Crippen LogP contribution in [0, 0.1) is 0 Å². The molecule has 0 spiro atoms. The maximum Gasteiger partial charge on any atom is 0.136 e. The number of nitrogens with zero attached hydrogens (tertiary/aromatic N) is 1. The molecule has 4 radical (unpaired) electrons. The van der Waals surface area contributed by atoms with Crippen molar-refractivity contribution in [3.8, 4) is 5.75 Å². The summed E-state index contributed by atoms with van der Waals surface area (Å²) >= 11 is 5.96. The lowest BCUT2D eigenvalue weighted by Crippen LogP contribution is -2.48. The van der Waals surface area contributed by atoms with Gasteiger partial charge in [-0.05, 0) is 42.5 Å². The molecule has 0 bridgehead atoms. The van der Waals surface area contributed by atoms with Crippen molar-refractivity contribution in [3.63, 3.8) is 0 Å². The molecule has 1 aromatic heterocycles. The van der Waals surface area contributed by atoms with Gasteiger partial charge in [-0.25, -0.2) is 9.37 Å². The van der Waals surface area contributed by atoms with E-state index in [0.29, 0.717) is 23.7 Å². The molecule has 1 heterocycles. The fraction of sp³-hybridized carbons (Fsp3) is 0.308. The number of fused-ring (bicyclic) bond motifs is 1. The normalized spacial score (nSPS) is 17.4. The van der Waals surface area contributed by atoms with Gasteiger partial charge >= 0.3 is 0 Å². The van der Waals surface area contributed by atoms with Crippen molar-refractivity contribution in [1.82, 2.24) is 4.98 Å². The minimum absolute atomic E-state index is 0.323. The standard InChI is InChI=1S/C13H9B2ClFNO/c14-13(15,12(17)4-5-12)19-9-1-2-10-8(7-9)3-6-18-11(10)16/h1-3,6-7H,4-5H2. The van der Waals surface area contributed by atoms with Gasteiger partial charge in [-0.1, -0.05) is 11.6 Å². The molecule has 1 saturated carbocycles. The van der Waals surface area contributed by atoms with E-state index in [4.69, 9.17) is 32.0 Å². The van der Waals surface area contributed by atoms with Crippen LogP contribution in [0.1, 0.15) is 12.8 Å². The van der Waals surface area contributed by atoms with Crippen molar-refractivity contribution >= 4 is 38.1 Å². The van der Waals surface area contributed by atoms with Crippen LogP contribution in [0.3, 0.4) is 0 Å². The highest BCUT2D eigenvalue weighted by molar-refractivity contribution is 6.40. The highest BCUT2D eigenvalue weighted by Gasteiger charge is 2.56. The van der Waals surface area contributed by atoms with Crippen molar-refractivity contribution < 1.29 is 9.13 Å². The van der Waals surface area contributed by atoms with Crippen LogP contribution in [0.2, 0.25) is 5.15 Å². The van der Waals surface area contributed by atoms with E-state index in [0.717, 1.165) is 10.8 Å². The molecule has 2 aromatic rings. The van der Waals surface area contributed by atoms with Gasteiger partial charge in [-0.3, -0.25) is 0 Å². The van der Waals surface area contributed by atoms with Gasteiger partial charge in [-0.2, -0.15) is 0 Å². The van der Waals surface area contributed by atoms with Gasteiger partial charge in [-0.15, -0.1) is 0 Å². The van der Waals surface area contributed by atoms with Crippen LogP contribution in [0.25, 0.3) is 10.8 Å². The lowest BCUT2D eigenvalue weighted by molar-refractivity contribution is 0.110. The molecule has 1 aliphatic carbocycles. The van der Waals surface area contributed by atoms with E-state index in [-0.39, 0.29) is 0 Å². The van der Waals surface area contributed by atoms with Gasteiger partial charge < -0.3 is 4.74 Å². The summed E-state index contributed by atoms with van der Waals surface area (Å²) in [4.78, 5) is 3.98. The van der Waals surface area contributed by atoms with Crippen LogP contribution in [0.15, 0.2) is 30.5 Å². The van der Waals surface area contributed by atoms with Crippen molar-refractivity contribution in [1.29, 1.82) is 0 Å². The minimum atomic E-state index is -1.81. The third-order valence-corrected chi connectivity index (χ3v) is 3.66. The van der Waals surface area contributed by atoms with Crippen LogP contribution in [0.4, 0.5) is 4.39 Å². The molecule has 6 heteroatoms. The van der Waals surface area contributed by atoms with E-state index < -0.39 is 11.1 Å². The Morgan fingerprint density at radius 1 is 1.32 bits per heavy atom. The summed E-state index contributed by atoms with van der Waals surface area (Å²) < 4.78 is 19.3. The zero-order chi connectivity index (χ0) is 13.7. The maximum atomic E-state index is 13.9. The third-order valence-electron chi connectivity index (χ3n) is 3.36. The zero-order valence-corrected chi connectivity index (χ0v) is 10.8. The first kappa shape index (κ1) is 12.8. The summed E-state index contributed by atoms with van der Waals surface area (Å²) in [5.41, 5.74) is -1.64. The number of halogens is 2. The molecule has 0 N–H and O–H groups in total. The summed E-state index contributed by atoms with van der Waals surface area (Å²) in [6.45, 7) is 0. The molecule has 1 aliphatic rings. The Kier molecular flexibility index (Phi) is 2.79. The largest absolute Gasteiger partial charge is 0.504 e. The topological polar surface area (TPSA) is 22.1 Å². The number of hydrogen-bond acceptors (Lipinski definition) is 2. The predicted octanol–water partition coefficient (Wildman–Crippen LogP) is 2.76. The van der Waals surface area contributed by atoms with Gasteiger partial charge in [0.2, 0.25) is 0 Å². The molecule has 19 heavy (non-hydrogen) atoms. The average molecular weight is 271 g/mol. The average Bonchev–Trinajstić information content (AvgIpc) is 3.09. The highest BCUT2D eigenvalue weighted by atomic mass is 35.5. The van der Waals surface area contributed by atoms with E-state index in [1.54, 1.807) is 30.5 Å². The van der Waals surface area contributed by atoms with Crippen LogP contribution in [-0.4, -0.2) is 31.7 Å². The van der Waals surface area contributed by atoms with Crippen LogP contribution >= 0.6 is 11.6 Å². The fourth-order valence-electron chi connectivity index (χ4n) is 1.97. The molecule has 2 nitrogen and oxygen atoms in total. The van der Waals surface area contributed by atoms with Crippen LogP contribution < -0.4 is 4.74 Å². The number of hydrogen-bond donors (Lipinski definition) is 0. The van der Waals surface area contributed by atoms with Crippen molar-refractivity contribution in [2.24, 2.45) is 0 Å². The van der Waals surface area contributed by atoms with Crippen LogP contribution in [0.5, 0.6) is 5.75 Å². The summed E-state index contributed by atoms with van der Waals surface area (Å²) in [6.07, 6.45) is 2.23. The first-order valence-corrected chi connectivity index (χ1v) is 6.29. The lowest BCUT2D eigenvalue weighted by Gasteiger charge is -2.31. The number of pyridine rings is 1. The Bertz CT molecular complexity index is 646. The molecule has 0 atom stereocenters. The molecule has 1 fully saturated rings. The number of alkyl halides is 1. The molecule has 92 valence electrons. The van der Waals surface area contributed by atoms with Gasteiger partial charge in [0.25, 0.3) is 0 Å². The van der Waals surface area contributed by atoms with Crippen LogP contribution in [-0.2, 0) is 0 Å². The molecule has 0 unspecified atom stereocenters. The van der Waals surface area contributed by atoms with Crippen molar-refractivity contribution in [3.05, 3.63) is 35.6 Å². The first-order chi connectivity index (χ1) is 8.91. The molecular weight excluding hydrogens is 262 g/mol. The number of benzene rings is 1. The molecule has 0 aliphatic heterocycles. The first-order valence-electron chi connectivity index (χ1n) is 5.91. The lowest BCUT2D eigenvalue weighted by atomic mass is 9.60. The van der Waals surface area contributed by atoms with Gasteiger partial charge in [0.05, 0.1) is 5.40 Å². The SMILES string of the molecule is [B]C([B])(Oc1ccc2c(Cl)nccc2c1)C1(F)CC1. The van der Waals surface area contributed by atoms with E-state index in [9.17, 15) is 4.39 Å². The zero-order valence-electron chi connectivity index (χ0n) is 10.1. The second-order valence-electron chi connectivity index (χ2n) is 4.85. The molecular formula is C13H9B2ClFNO. The predicted molar refractivity (Wildman–Crippen MR) is 74.7 cm³/mol. The summed E-state index contributed by atoms with van der Waals surface area (Å²) in [5.74, 6) is 0.406. The number of rotatable bonds is 3. The summed E-state index contributed by atoms with van der Waals surface area (Å²) in [6, 6.07) is 6.89. The Morgan fingerprint density at radius 2 is 2.05 bits per heavy atom. The second-order valence-corrected chi connectivity index (χ2v) is 5.20. The van der Waals surface area contributed by atoms with Gasteiger partial charge in [0.1, 0.15) is 32.3 Å². The minimum Gasteiger partial charge on any atom is -0.504 e. The highest BCUT2D eigenvalue weighted by Crippen LogP contribution is 2.47. The Balaban J connectivity index is 1.94. The third kappa shape index (κ3) is 2.20. The fourth-order valence-corrected chi connectivity index (χ4v) is 2.20. The molecule has 0 saturated heterocycles. The molecule has 3 rings (SSSR count). The van der Waals surface area contributed by atoms with E-state index in [1.807, 2.05) is 0 Å². The monoisotopic (exact) mass is 271 g/mol. The van der Waals surface area contributed by atoms with E-state index in [1.165, 1.54) is 0 Å². The number of aromatic nitrogens is 1. The Labute approximate surface area is 118 Å². The maximum absolute atomic E-state index is 13.9. The second kappa shape index (κ2) is 4.14. The Morgan fingerprint density at radius 3 is 2.74 bits per heavy atom. The summed E-state index contributed by atoms with van der Waals surface area (Å²) in [5, 5.41) is 0.215. The molecule has 1 aromatic carbocycles. The smallest absolute Gasteiger partial charge is 0.136 e. The van der Waals surface area contributed by atoms with Gasteiger partial charge in [0.15, 0.2) is 0 Å². The summed E-state index contributed by atoms with van der Waals surface area (Å²) in [7, 11) is 11.4.